The standard InChI is InChI=1S/C19H28N4O2/c1-14(15-5-3-2-4-6-15)23-12-9-17(13-23)21-19(25)22-10-7-16(8-11-22)18(20)24/h2-6,14,16-17H,7-13H2,1H3,(H2,20,24)(H,21,25)/t14-,17+/m0/s1. The number of nitrogens with one attached hydrogen (secondary N) is 1. The number of carbonyl (C=O) groups excluding carboxylic acids is 2. The Morgan fingerprint density at radius 3 is 2.44 bits per heavy atom. The van der Waals surface area contributed by atoms with Gasteiger partial charge in [-0.15, -0.1) is 0 Å². The lowest BCUT2D eigenvalue weighted by Gasteiger charge is -2.31. The molecule has 0 aliphatic carbocycles. The molecule has 0 aromatic heterocycles. The van der Waals surface area contributed by atoms with Gasteiger partial charge in [0, 0.05) is 44.2 Å². The summed E-state index contributed by atoms with van der Waals surface area (Å²) in [6.45, 7) is 5.30. The van der Waals surface area contributed by atoms with Gasteiger partial charge in [-0.3, -0.25) is 9.69 Å². The third-order valence-electron chi connectivity index (χ3n) is 5.56. The highest BCUT2D eigenvalue weighted by Gasteiger charge is 2.30. The number of urea groups is 1. The fourth-order valence-electron chi connectivity index (χ4n) is 3.83. The third kappa shape index (κ3) is 4.31. The molecule has 0 spiro atoms. The molecule has 2 heterocycles. The van der Waals surface area contributed by atoms with Gasteiger partial charge >= 0.3 is 6.03 Å². The number of benzene rings is 1. The number of piperidine rings is 1. The average molecular weight is 344 g/mol. The topological polar surface area (TPSA) is 78.7 Å². The van der Waals surface area contributed by atoms with Gasteiger partial charge in [0.15, 0.2) is 0 Å². The number of primary amides is 1. The highest BCUT2D eigenvalue weighted by atomic mass is 16.2. The van der Waals surface area contributed by atoms with E-state index in [0.29, 0.717) is 32.0 Å². The molecule has 0 saturated carbocycles. The first-order chi connectivity index (χ1) is 12.0. The number of nitrogens with zero attached hydrogens (tertiary/aromatic N) is 2. The molecule has 6 nitrogen and oxygen atoms in total. The summed E-state index contributed by atoms with van der Waals surface area (Å²) in [6, 6.07) is 11.0. The molecule has 1 aromatic carbocycles. The molecule has 1 aromatic rings. The molecule has 25 heavy (non-hydrogen) atoms. The van der Waals surface area contributed by atoms with E-state index in [4.69, 9.17) is 5.73 Å². The number of amides is 3. The van der Waals surface area contributed by atoms with Gasteiger partial charge in [-0.05, 0) is 31.7 Å². The first-order valence-corrected chi connectivity index (χ1v) is 9.18. The molecule has 2 atom stereocenters. The van der Waals surface area contributed by atoms with Crippen LogP contribution in [0.3, 0.4) is 0 Å². The van der Waals surface area contributed by atoms with Crippen LogP contribution >= 0.6 is 0 Å². The Balaban J connectivity index is 1.47. The van der Waals surface area contributed by atoms with Crippen molar-refractivity contribution >= 4 is 11.9 Å². The monoisotopic (exact) mass is 344 g/mol. The van der Waals surface area contributed by atoms with Crippen LogP contribution in [-0.4, -0.2) is 54.0 Å². The number of hydrogen-bond donors (Lipinski definition) is 2. The normalized spacial score (nSPS) is 23.4. The summed E-state index contributed by atoms with van der Waals surface area (Å²) in [5, 5.41) is 3.16. The second-order valence-corrected chi connectivity index (χ2v) is 7.18. The van der Waals surface area contributed by atoms with Gasteiger partial charge in [-0.1, -0.05) is 30.3 Å². The average Bonchev–Trinajstić information content (AvgIpc) is 3.10. The fourth-order valence-corrected chi connectivity index (χ4v) is 3.83. The third-order valence-corrected chi connectivity index (χ3v) is 5.56. The van der Waals surface area contributed by atoms with Crippen LogP contribution in [0.1, 0.15) is 37.8 Å². The second-order valence-electron chi connectivity index (χ2n) is 7.18. The first kappa shape index (κ1) is 17.7. The van der Waals surface area contributed by atoms with E-state index in [0.717, 1.165) is 19.5 Å². The maximum Gasteiger partial charge on any atom is 0.317 e. The maximum absolute atomic E-state index is 12.5. The number of hydrogen-bond acceptors (Lipinski definition) is 3. The van der Waals surface area contributed by atoms with E-state index in [1.54, 1.807) is 0 Å². The van der Waals surface area contributed by atoms with E-state index in [2.05, 4.69) is 41.4 Å². The van der Waals surface area contributed by atoms with Crippen molar-refractivity contribution in [3.63, 3.8) is 0 Å². The minimum Gasteiger partial charge on any atom is -0.369 e. The summed E-state index contributed by atoms with van der Waals surface area (Å²) < 4.78 is 0. The zero-order valence-corrected chi connectivity index (χ0v) is 14.9. The lowest BCUT2D eigenvalue weighted by molar-refractivity contribution is -0.123. The second kappa shape index (κ2) is 7.87. The van der Waals surface area contributed by atoms with E-state index >= 15 is 0 Å². The molecular weight excluding hydrogens is 316 g/mol. The maximum atomic E-state index is 12.5. The molecule has 0 bridgehead atoms. The minimum atomic E-state index is -0.249. The molecule has 2 aliphatic heterocycles. The molecule has 6 heteroatoms. The zero-order valence-electron chi connectivity index (χ0n) is 14.9. The smallest absolute Gasteiger partial charge is 0.317 e. The molecule has 3 N–H and O–H groups in total. The Kier molecular flexibility index (Phi) is 5.58. The summed E-state index contributed by atoms with van der Waals surface area (Å²) in [5.74, 6) is -0.334. The highest BCUT2D eigenvalue weighted by molar-refractivity contribution is 5.78. The minimum absolute atomic E-state index is 0.0119. The van der Waals surface area contributed by atoms with Gasteiger partial charge in [0.05, 0.1) is 0 Å². The van der Waals surface area contributed by atoms with Crippen LogP contribution in [-0.2, 0) is 4.79 Å². The van der Waals surface area contributed by atoms with Gasteiger partial charge in [-0.2, -0.15) is 0 Å². The van der Waals surface area contributed by atoms with Crippen LogP contribution in [0, 0.1) is 5.92 Å². The highest BCUT2D eigenvalue weighted by Crippen LogP contribution is 2.24. The van der Waals surface area contributed by atoms with Crippen molar-refractivity contribution in [3.05, 3.63) is 35.9 Å². The summed E-state index contributed by atoms with van der Waals surface area (Å²) >= 11 is 0. The van der Waals surface area contributed by atoms with Gasteiger partial charge < -0.3 is 16.0 Å². The Bertz CT molecular complexity index is 599. The summed E-state index contributed by atoms with van der Waals surface area (Å²) in [6.07, 6.45) is 2.32. The van der Waals surface area contributed by atoms with E-state index < -0.39 is 0 Å². The molecule has 136 valence electrons. The molecule has 2 aliphatic rings. The van der Waals surface area contributed by atoms with Crippen molar-refractivity contribution in [2.75, 3.05) is 26.2 Å². The largest absolute Gasteiger partial charge is 0.369 e. The van der Waals surface area contributed by atoms with Gasteiger partial charge in [0.2, 0.25) is 5.91 Å². The molecule has 3 rings (SSSR count). The van der Waals surface area contributed by atoms with Crippen LogP contribution in [0.2, 0.25) is 0 Å². The number of carbonyl (C=O) groups is 2. The van der Waals surface area contributed by atoms with Crippen LogP contribution in [0.15, 0.2) is 30.3 Å². The van der Waals surface area contributed by atoms with E-state index in [1.165, 1.54) is 5.56 Å². The Morgan fingerprint density at radius 2 is 1.80 bits per heavy atom. The summed E-state index contributed by atoms with van der Waals surface area (Å²) in [5.41, 5.74) is 6.66. The predicted molar refractivity (Wildman–Crippen MR) is 96.9 cm³/mol. The fraction of sp³-hybridized carbons (Fsp3) is 0.579. The van der Waals surface area contributed by atoms with Gasteiger partial charge in [-0.25, -0.2) is 4.79 Å². The van der Waals surface area contributed by atoms with Crippen LogP contribution in [0.25, 0.3) is 0 Å². The van der Waals surface area contributed by atoms with Crippen LogP contribution in [0.5, 0.6) is 0 Å². The van der Waals surface area contributed by atoms with Crippen molar-refractivity contribution in [1.82, 2.24) is 15.1 Å². The Morgan fingerprint density at radius 1 is 1.12 bits per heavy atom. The van der Waals surface area contributed by atoms with Crippen molar-refractivity contribution in [2.45, 2.75) is 38.3 Å². The number of rotatable bonds is 4. The van der Waals surface area contributed by atoms with Gasteiger partial charge in [0.25, 0.3) is 0 Å². The van der Waals surface area contributed by atoms with Crippen LogP contribution in [0.4, 0.5) is 4.79 Å². The summed E-state index contributed by atoms with van der Waals surface area (Å²) in [7, 11) is 0. The Hall–Kier alpha value is -2.08. The number of nitrogens with two attached hydrogens (primary N) is 1. The van der Waals surface area contributed by atoms with E-state index in [1.807, 2.05) is 11.0 Å². The molecule has 0 unspecified atom stereocenters. The zero-order chi connectivity index (χ0) is 17.8. The molecule has 2 saturated heterocycles. The SMILES string of the molecule is C[C@@H](c1ccccc1)N1CC[C@@H](NC(=O)N2CCC(C(N)=O)CC2)C1. The molecule has 3 amide bonds. The Labute approximate surface area is 149 Å². The summed E-state index contributed by atoms with van der Waals surface area (Å²) in [4.78, 5) is 27.9. The molecular formula is C19H28N4O2. The van der Waals surface area contributed by atoms with Crippen molar-refractivity contribution in [1.29, 1.82) is 0 Å². The lowest BCUT2D eigenvalue weighted by atomic mass is 9.96. The number of likely N-dealkylation sites (tertiary alicyclic amines) is 2. The van der Waals surface area contributed by atoms with Crippen molar-refractivity contribution in [3.8, 4) is 0 Å². The lowest BCUT2D eigenvalue weighted by Crippen LogP contribution is -2.49. The van der Waals surface area contributed by atoms with Crippen molar-refractivity contribution < 1.29 is 9.59 Å². The van der Waals surface area contributed by atoms with E-state index in [9.17, 15) is 9.59 Å². The van der Waals surface area contributed by atoms with Crippen LogP contribution < -0.4 is 11.1 Å². The van der Waals surface area contributed by atoms with E-state index in [-0.39, 0.29) is 23.9 Å². The predicted octanol–water partition coefficient (Wildman–Crippen LogP) is 1.73. The molecule has 0 radical (unpaired) electrons. The molecule has 2 fully saturated rings. The van der Waals surface area contributed by atoms with Crippen molar-refractivity contribution in [2.24, 2.45) is 11.7 Å². The quantitative estimate of drug-likeness (QED) is 0.873. The first-order valence-electron chi connectivity index (χ1n) is 9.18. The van der Waals surface area contributed by atoms with Gasteiger partial charge in [0.1, 0.15) is 0 Å².